The highest BCUT2D eigenvalue weighted by Crippen LogP contribution is 2.34. The molecule has 28 heavy (non-hydrogen) atoms. The highest BCUT2D eigenvalue weighted by molar-refractivity contribution is 5.79. The lowest BCUT2D eigenvalue weighted by atomic mass is 9.85. The van der Waals surface area contributed by atoms with E-state index in [1.54, 1.807) is 0 Å². The Kier molecular flexibility index (Phi) is 4.34. The minimum atomic E-state index is 0.183. The van der Waals surface area contributed by atoms with Gasteiger partial charge in [0.15, 0.2) is 5.65 Å². The maximum absolute atomic E-state index is 13.2. The number of carbonyl (C=O) groups is 1. The van der Waals surface area contributed by atoms with Crippen LogP contribution in [0.3, 0.4) is 0 Å². The van der Waals surface area contributed by atoms with Gasteiger partial charge in [-0.25, -0.2) is 9.97 Å². The molecule has 2 unspecified atom stereocenters. The Balaban J connectivity index is 1.44. The topological polar surface area (TPSA) is 69.5 Å². The maximum atomic E-state index is 13.2. The van der Waals surface area contributed by atoms with Gasteiger partial charge in [0.2, 0.25) is 5.91 Å². The summed E-state index contributed by atoms with van der Waals surface area (Å²) in [5.41, 5.74) is 2.93. The summed E-state index contributed by atoms with van der Waals surface area (Å²) in [4.78, 5) is 30.0. The highest BCUT2D eigenvalue weighted by Gasteiger charge is 2.35. The second-order valence-corrected chi connectivity index (χ2v) is 8.58. The van der Waals surface area contributed by atoms with E-state index < -0.39 is 0 Å². The lowest BCUT2D eigenvalue weighted by Gasteiger charge is -2.39. The van der Waals surface area contributed by atoms with E-state index in [2.05, 4.69) is 44.2 Å². The van der Waals surface area contributed by atoms with Crippen LogP contribution in [-0.4, -0.2) is 68.3 Å². The Morgan fingerprint density at radius 2 is 1.93 bits per heavy atom. The number of H-pyrrole nitrogens is 1. The van der Waals surface area contributed by atoms with Gasteiger partial charge in [0.1, 0.15) is 5.82 Å². The Morgan fingerprint density at radius 1 is 1.14 bits per heavy atom. The predicted molar refractivity (Wildman–Crippen MR) is 108 cm³/mol. The average molecular weight is 380 g/mol. The number of aromatic amines is 1. The van der Waals surface area contributed by atoms with Crippen LogP contribution < -0.4 is 0 Å². The number of piperidine rings is 2. The monoisotopic (exact) mass is 380 g/mol. The fourth-order valence-electron chi connectivity index (χ4n) is 4.88. The van der Waals surface area contributed by atoms with Crippen LogP contribution in [0.5, 0.6) is 0 Å². The molecule has 0 bridgehead atoms. The number of likely N-dealkylation sites (tertiary alicyclic amines) is 2. The zero-order valence-corrected chi connectivity index (χ0v) is 16.6. The third-order valence-electron chi connectivity index (χ3n) is 6.76. The van der Waals surface area contributed by atoms with Crippen molar-refractivity contribution < 1.29 is 4.79 Å². The molecule has 0 radical (unpaired) electrons. The molecule has 0 aromatic carbocycles. The number of amides is 1. The van der Waals surface area contributed by atoms with Crippen molar-refractivity contribution in [3.63, 3.8) is 0 Å². The average Bonchev–Trinajstić information content (AvgIpc) is 3.34. The molecule has 2 fully saturated rings. The lowest BCUT2D eigenvalue weighted by Crippen LogP contribution is -2.47. The summed E-state index contributed by atoms with van der Waals surface area (Å²) in [6.07, 6.45) is 8.67. The second-order valence-electron chi connectivity index (χ2n) is 8.58. The van der Waals surface area contributed by atoms with Gasteiger partial charge in [-0.15, -0.1) is 0 Å². The van der Waals surface area contributed by atoms with E-state index >= 15 is 0 Å². The zero-order valence-electron chi connectivity index (χ0n) is 16.6. The molecular weight excluding hydrogens is 352 g/mol. The summed E-state index contributed by atoms with van der Waals surface area (Å²) in [5.74, 6) is 2.32. The van der Waals surface area contributed by atoms with Gasteiger partial charge in [-0.05, 0) is 51.4 Å². The number of carbonyl (C=O) groups excluding carboxylic acids is 1. The lowest BCUT2D eigenvalue weighted by molar-refractivity contribution is -0.138. The molecule has 0 spiro atoms. The molecule has 1 N–H and O–H groups in total. The molecule has 2 atom stereocenters. The van der Waals surface area contributed by atoms with E-state index in [-0.39, 0.29) is 11.8 Å². The minimum absolute atomic E-state index is 0.183. The Labute approximate surface area is 164 Å². The van der Waals surface area contributed by atoms with Gasteiger partial charge in [-0.1, -0.05) is 6.92 Å². The Morgan fingerprint density at radius 3 is 2.75 bits per heavy atom. The molecule has 3 aromatic rings. The Hall–Kier alpha value is -2.41. The van der Waals surface area contributed by atoms with Crippen molar-refractivity contribution in [1.82, 2.24) is 29.2 Å². The van der Waals surface area contributed by atoms with Gasteiger partial charge in [0.05, 0.1) is 23.4 Å². The van der Waals surface area contributed by atoms with E-state index in [1.165, 1.54) is 0 Å². The van der Waals surface area contributed by atoms with Crippen LogP contribution >= 0.6 is 0 Å². The molecule has 2 saturated heterocycles. The molecule has 0 aliphatic carbocycles. The molecule has 5 rings (SSSR count). The third kappa shape index (κ3) is 2.89. The SMILES string of the molecule is CC1CCN(C(=O)C2CCN(C)CC2)CC1c1ncc2cnc3[nH]ccc3n12. The van der Waals surface area contributed by atoms with Crippen molar-refractivity contribution in [2.45, 2.75) is 32.1 Å². The van der Waals surface area contributed by atoms with Crippen LogP contribution in [0.4, 0.5) is 0 Å². The van der Waals surface area contributed by atoms with Gasteiger partial charge < -0.3 is 14.8 Å². The molecule has 3 aromatic heterocycles. The number of hydrogen-bond acceptors (Lipinski definition) is 4. The summed E-state index contributed by atoms with van der Waals surface area (Å²) in [6, 6.07) is 2.05. The van der Waals surface area contributed by atoms with Gasteiger partial charge in [0, 0.05) is 31.1 Å². The minimum Gasteiger partial charge on any atom is -0.345 e. The van der Waals surface area contributed by atoms with Crippen LogP contribution in [-0.2, 0) is 4.79 Å². The first-order chi connectivity index (χ1) is 13.6. The van der Waals surface area contributed by atoms with Crippen molar-refractivity contribution in [3.8, 4) is 0 Å². The highest BCUT2D eigenvalue weighted by atomic mass is 16.2. The summed E-state index contributed by atoms with van der Waals surface area (Å²) in [5, 5.41) is 0. The molecule has 7 heteroatoms. The van der Waals surface area contributed by atoms with E-state index in [1.807, 2.05) is 18.6 Å². The van der Waals surface area contributed by atoms with Gasteiger partial charge in [-0.2, -0.15) is 0 Å². The molecule has 2 aliphatic heterocycles. The van der Waals surface area contributed by atoms with Crippen LogP contribution in [0, 0.1) is 11.8 Å². The number of rotatable bonds is 2. The normalized spacial score (nSPS) is 25.0. The molecule has 1 amide bonds. The number of imidazole rings is 1. The molecule has 148 valence electrons. The molecule has 7 nitrogen and oxygen atoms in total. The van der Waals surface area contributed by atoms with Crippen molar-refractivity contribution in [3.05, 3.63) is 30.5 Å². The van der Waals surface area contributed by atoms with Gasteiger partial charge in [0.25, 0.3) is 0 Å². The fourth-order valence-corrected chi connectivity index (χ4v) is 4.88. The van der Waals surface area contributed by atoms with E-state index in [4.69, 9.17) is 4.98 Å². The summed E-state index contributed by atoms with van der Waals surface area (Å²) < 4.78 is 2.21. The van der Waals surface area contributed by atoms with Crippen LogP contribution in [0.1, 0.15) is 37.9 Å². The number of fused-ring (bicyclic) bond motifs is 3. The summed E-state index contributed by atoms with van der Waals surface area (Å²) >= 11 is 0. The first kappa shape index (κ1) is 17.7. The number of nitrogens with zero attached hydrogens (tertiary/aromatic N) is 5. The third-order valence-corrected chi connectivity index (χ3v) is 6.76. The predicted octanol–water partition coefficient (Wildman–Crippen LogP) is 2.50. The quantitative estimate of drug-likeness (QED) is 0.742. The zero-order chi connectivity index (χ0) is 19.3. The van der Waals surface area contributed by atoms with Crippen LogP contribution in [0.2, 0.25) is 0 Å². The largest absolute Gasteiger partial charge is 0.345 e. The number of hydrogen-bond donors (Lipinski definition) is 1. The van der Waals surface area contributed by atoms with Gasteiger partial charge in [-0.3, -0.25) is 9.20 Å². The van der Waals surface area contributed by atoms with E-state index in [0.29, 0.717) is 11.8 Å². The number of aromatic nitrogens is 4. The second kappa shape index (κ2) is 6.88. The van der Waals surface area contributed by atoms with Crippen LogP contribution in [0.25, 0.3) is 16.7 Å². The molecule has 2 aliphatic rings. The fraction of sp³-hybridized carbons (Fsp3) is 0.571. The smallest absolute Gasteiger partial charge is 0.225 e. The van der Waals surface area contributed by atoms with Crippen molar-refractivity contribution in [2.24, 2.45) is 11.8 Å². The maximum Gasteiger partial charge on any atom is 0.225 e. The first-order valence-electron chi connectivity index (χ1n) is 10.4. The Bertz CT molecular complexity index is 999. The summed E-state index contributed by atoms with van der Waals surface area (Å²) in [6.45, 7) is 5.96. The first-order valence-corrected chi connectivity index (χ1v) is 10.4. The van der Waals surface area contributed by atoms with Crippen molar-refractivity contribution >= 4 is 22.6 Å². The molecular formula is C21H28N6O. The van der Waals surface area contributed by atoms with E-state index in [9.17, 15) is 4.79 Å². The van der Waals surface area contributed by atoms with E-state index in [0.717, 1.165) is 67.9 Å². The van der Waals surface area contributed by atoms with Crippen molar-refractivity contribution in [2.75, 3.05) is 33.2 Å². The standard InChI is InChI=1S/C21H28N6O/c1-14-4-10-26(21(28)15-5-8-25(2)9-6-15)13-17(14)20-24-12-16-11-23-19-18(27(16)20)3-7-22-19/h3,7,11-12,14-15,17,22H,4-6,8-10,13H2,1-2H3. The summed E-state index contributed by atoms with van der Waals surface area (Å²) in [7, 11) is 2.14. The van der Waals surface area contributed by atoms with Gasteiger partial charge >= 0.3 is 0 Å². The van der Waals surface area contributed by atoms with Crippen molar-refractivity contribution in [1.29, 1.82) is 0 Å². The number of nitrogens with one attached hydrogen (secondary N) is 1. The molecule has 0 saturated carbocycles. The molecule has 5 heterocycles. The van der Waals surface area contributed by atoms with Crippen LogP contribution in [0.15, 0.2) is 24.7 Å².